The highest BCUT2D eigenvalue weighted by atomic mass is 32.2. The molecule has 0 bridgehead atoms. The lowest BCUT2D eigenvalue weighted by Crippen LogP contribution is -2.38. The number of nitrogens with one attached hydrogen (secondary N) is 2. The summed E-state index contributed by atoms with van der Waals surface area (Å²) in [4.78, 5) is 13.2. The van der Waals surface area contributed by atoms with Crippen LogP contribution >= 0.6 is 11.8 Å². The average Bonchev–Trinajstić information content (AvgIpc) is 2.81. The Morgan fingerprint density at radius 3 is 3.00 bits per heavy atom. The lowest BCUT2D eigenvalue weighted by Gasteiger charge is -2.11. The Hall–Kier alpha value is -1.04. The van der Waals surface area contributed by atoms with E-state index in [1.807, 2.05) is 12.1 Å². The highest BCUT2D eigenvalue weighted by molar-refractivity contribution is 8.01. The van der Waals surface area contributed by atoms with Gasteiger partial charge in [-0.05, 0) is 25.0 Å². The second-order valence-corrected chi connectivity index (χ2v) is 6.01. The first kappa shape index (κ1) is 14.4. The van der Waals surface area contributed by atoms with Gasteiger partial charge in [0.05, 0.1) is 11.4 Å². The standard InChI is InChI=1S/C14H20N2O2S/c1-10(17)9-15-6-7-16-14(18)13-8-11-4-2-3-5-12(11)19-13/h2-5,10,13,15,17H,6-9H2,1H3,(H,16,18). The van der Waals surface area contributed by atoms with Crippen LogP contribution in [-0.4, -0.2) is 42.0 Å². The summed E-state index contributed by atoms with van der Waals surface area (Å²) in [5.74, 6) is 0.0973. The fourth-order valence-electron chi connectivity index (χ4n) is 2.03. The zero-order valence-corrected chi connectivity index (χ0v) is 11.9. The first-order chi connectivity index (χ1) is 9.16. The minimum Gasteiger partial charge on any atom is -0.392 e. The number of thioether (sulfide) groups is 1. The summed E-state index contributed by atoms with van der Waals surface area (Å²) in [6.07, 6.45) is 0.462. The van der Waals surface area contributed by atoms with Crippen LogP contribution in [0, 0.1) is 0 Å². The Balaban J connectivity index is 1.68. The van der Waals surface area contributed by atoms with Gasteiger partial charge in [-0.15, -0.1) is 11.8 Å². The van der Waals surface area contributed by atoms with Crippen LogP contribution in [0.1, 0.15) is 12.5 Å². The molecule has 1 aliphatic rings. The van der Waals surface area contributed by atoms with Gasteiger partial charge in [0.25, 0.3) is 0 Å². The number of hydrogen-bond acceptors (Lipinski definition) is 4. The van der Waals surface area contributed by atoms with Crippen LogP contribution in [0.15, 0.2) is 29.2 Å². The van der Waals surface area contributed by atoms with Gasteiger partial charge in [0, 0.05) is 24.5 Å². The Labute approximate surface area is 118 Å². The first-order valence-electron chi connectivity index (χ1n) is 6.58. The summed E-state index contributed by atoms with van der Waals surface area (Å²) >= 11 is 1.64. The molecule has 104 valence electrons. The molecule has 2 unspecified atom stereocenters. The lowest BCUT2D eigenvalue weighted by molar-refractivity contribution is -0.120. The van der Waals surface area contributed by atoms with E-state index in [1.54, 1.807) is 18.7 Å². The van der Waals surface area contributed by atoms with Crippen molar-refractivity contribution in [2.75, 3.05) is 19.6 Å². The summed E-state index contributed by atoms with van der Waals surface area (Å²) in [6, 6.07) is 8.17. The molecule has 2 atom stereocenters. The van der Waals surface area contributed by atoms with Crippen molar-refractivity contribution in [3.05, 3.63) is 29.8 Å². The summed E-state index contributed by atoms with van der Waals surface area (Å²) < 4.78 is 0. The molecule has 0 spiro atoms. The summed E-state index contributed by atoms with van der Waals surface area (Å²) in [5.41, 5.74) is 1.26. The molecule has 0 fully saturated rings. The quantitative estimate of drug-likeness (QED) is 0.674. The molecular weight excluding hydrogens is 260 g/mol. The molecule has 1 aromatic rings. The van der Waals surface area contributed by atoms with E-state index in [2.05, 4.69) is 22.8 Å². The van der Waals surface area contributed by atoms with Gasteiger partial charge in [-0.25, -0.2) is 0 Å². The molecule has 0 radical (unpaired) electrons. The van der Waals surface area contributed by atoms with Crippen LogP contribution in [-0.2, 0) is 11.2 Å². The average molecular weight is 280 g/mol. The van der Waals surface area contributed by atoms with Crippen LogP contribution in [0.4, 0.5) is 0 Å². The number of aliphatic hydroxyl groups is 1. The van der Waals surface area contributed by atoms with Crippen LogP contribution in [0.2, 0.25) is 0 Å². The van der Waals surface area contributed by atoms with E-state index in [-0.39, 0.29) is 17.3 Å². The fourth-order valence-corrected chi connectivity index (χ4v) is 3.25. The number of hydrogen-bond donors (Lipinski definition) is 3. The summed E-state index contributed by atoms with van der Waals surface area (Å²) in [7, 11) is 0. The van der Waals surface area contributed by atoms with Crippen molar-refractivity contribution >= 4 is 17.7 Å². The number of carbonyl (C=O) groups is 1. The second-order valence-electron chi connectivity index (χ2n) is 4.76. The monoisotopic (exact) mass is 280 g/mol. The van der Waals surface area contributed by atoms with Crippen molar-refractivity contribution in [3.8, 4) is 0 Å². The van der Waals surface area contributed by atoms with Gasteiger partial charge < -0.3 is 15.7 Å². The van der Waals surface area contributed by atoms with Gasteiger partial charge in [-0.1, -0.05) is 18.2 Å². The maximum absolute atomic E-state index is 12.0. The fraction of sp³-hybridized carbons (Fsp3) is 0.500. The van der Waals surface area contributed by atoms with Crippen molar-refractivity contribution in [2.45, 2.75) is 29.6 Å². The number of aliphatic hydroxyl groups excluding tert-OH is 1. The maximum Gasteiger partial charge on any atom is 0.233 e. The van der Waals surface area contributed by atoms with Crippen LogP contribution in [0.3, 0.4) is 0 Å². The van der Waals surface area contributed by atoms with E-state index < -0.39 is 0 Å². The number of amides is 1. The van der Waals surface area contributed by atoms with Gasteiger partial charge in [0.15, 0.2) is 0 Å². The van der Waals surface area contributed by atoms with E-state index in [0.717, 1.165) is 6.42 Å². The zero-order chi connectivity index (χ0) is 13.7. The van der Waals surface area contributed by atoms with E-state index in [0.29, 0.717) is 19.6 Å². The molecule has 4 nitrogen and oxygen atoms in total. The predicted molar refractivity (Wildman–Crippen MR) is 77.4 cm³/mol. The van der Waals surface area contributed by atoms with E-state index >= 15 is 0 Å². The second kappa shape index (κ2) is 6.93. The third kappa shape index (κ3) is 4.23. The highest BCUT2D eigenvalue weighted by Gasteiger charge is 2.27. The molecular formula is C14H20N2O2S. The predicted octanol–water partition coefficient (Wildman–Crippen LogP) is 0.790. The minimum absolute atomic E-state index is 0.00540. The van der Waals surface area contributed by atoms with E-state index in [4.69, 9.17) is 5.11 Å². The SMILES string of the molecule is CC(O)CNCCNC(=O)C1Cc2ccccc2S1. The number of benzene rings is 1. The Kier molecular flexibility index (Phi) is 5.24. The van der Waals surface area contributed by atoms with E-state index in [9.17, 15) is 4.79 Å². The first-order valence-corrected chi connectivity index (χ1v) is 7.46. The van der Waals surface area contributed by atoms with Crippen LogP contribution in [0.5, 0.6) is 0 Å². The van der Waals surface area contributed by atoms with Crippen molar-refractivity contribution in [1.29, 1.82) is 0 Å². The topological polar surface area (TPSA) is 61.4 Å². The molecule has 1 aromatic carbocycles. The molecule has 0 saturated heterocycles. The van der Waals surface area contributed by atoms with Gasteiger partial charge in [-0.2, -0.15) is 0 Å². The highest BCUT2D eigenvalue weighted by Crippen LogP contribution is 2.36. The Morgan fingerprint density at radius 1 is 1.47 bits per heavy atom. The van der Waals surface area contributed by atoms with Crippen molar-refractivity contribution < 1.29 is 9.90 Å². The smallest absolute Gasteiger partial charge is 0.233 e. The van der Waals surface area contributed by atoms with Crippen molar-refractivity contribution in [2.24, 2.45) is 0 Å². The number of rotatable bonds is 6. The van der Waals surface area contributed by atoms with Crippen LogP contribution in [0.25, 0.3) is 0 Å². The molecule has 19 heavy (non-hydrogen) atoms. The zero-order valence-electron chi connectivity index (χ0n) is 11.1. The molecule has 2 rings (SSSR count). The Bertz CT molecular complexity index is 412. The lowest BCUT2D eigenvalue weighted by atomic mass is 10.1. The molecule has 0 aliphatic carbocycles. The molecule has 5 heteroatoms. The Morgan fingerprint density at radius 2 is 2.26 bits per heavy atom. The van der Waals surface area contributed by atoms with Crippen molar-refractivity contribution in [3.63, 3.8) is 0 Å². The largest absolute Gasteiger partial charge is 0.392 e. The van der Waals surface area contributed by atoms with E-state index in [1.165, 1.54) is 10.5 Å². The molecule has 0 aromatic heterocycles. The van der Waals surface area contributed by atoms with Gasteiger partial charge in [0.2, 0.25) is 5.91 Å². The maximum atomic E-state index is 12.0. The summed E-state index contributed by atoms with van der Waals surface area (Å²) in [5, 5.41) is 15.1. The normalized spacial score (nSPS) is 18.9. The number of fused-ring (bicyclic) bond motifs is 1. The molecule has 1 aliphatic heterocycles. The van der Waals surface area contributed by atoms with Gasteiger partial charge >= 0.3 is 0 Å². The number of carbonyl (C=O) groups excluding carboxylic acids is 1. The van der Waals surface area contributed by atoms with Gasteiger partial charge in [0.1, 0.15) is 0 Å². The molecule has 3 N–H and O–H groups in total. The van der Waals surface area contributed by atoms with Gasteiger partial charge in [-0.3, -0.25) is 4.79 Å². The third-order valence-corrected chi connectivity index (χ3v) is 4.30. The van der Waals surface area contributed by atoms with Crippen LogP contribution < -0.4 is 10.6 Å². The molecule has 1 amide bonds. The summed E-state index contributed by atoms with van der Waals surface area (Å²) in [6.45, 7) is 3.57. The molecule has 1 heterocycles. The third-order valence-electron chi connectivity index (χ3n) is 2.98. The molecule has 0 saturated carbocycles. The van der Waals surface area contributed by atoms with Crippen molar-refractivity contribution in [1.82, 2.24) is 10.6 Å². The minimum atomic E-state index is -0.351.